The van der Waals surface area contributed by atoms with Gasteiger partial charge in [0.1, 0.15) is 5.75 Å². The van der Waals surface area contributed by atoms with Crippen LogP contribution >= 0.6 is 0 Å². The quantitative estimate of drug-likeness (QED) is 0.785. The fraction of sp³-hybridized carbons (Fsp3) is 0.100. The molecule has 0 amide bonds. The number of hydrogen-bond donors (Lipinski definition) is 1. The summed E-state index contributed by atoms with van der Waals surface area (Å²) in [6.07, 6.45) is 3.24. The first-order chi connectivity index (χ1) is 7.31. The minimum absolute atomic E-state index is 0.230. The maximum atomic E-state index is 10.8. The monoisotopic (exact) mass is 203 g/mol. The van der Waals surface area contributed by atoms with E-state index in [1.807, 2.05) is 0 Å². The number of H-pyrrole nitrogens is 1. The molecule has 76 valence electrons. The molecule has 0 aliphatic rings. The van der Waals surface area contributed by atoms with Gasteiger partial charge in [-0.2, -0.15) is 5.10 Å². The maximum Gasteiger partial charge on any atom is 0.264 e. The van der Waals surface area contributed by atoms with Crippen molar-refractivity contribution in [3.8, 4) is 17.0 Å². The molecule has 0 aromatic carbocycles. The minimum Gasteiger partial charge on any atom is -0.494 e. The lowest BCUT2D eigenvalue weighted by molar-refractivity contribution is 0.414. The number of methoxy groups -OCH3 is 1. The topological polar surface area (TPSA) is 67.9 Å². The average Bonchev–Trinajstić information content (AvgIpc) is 2.30. The Morgan fingerprint density at radius 1 is 1.33 bits per heavy atom. The number of pyridine rings is 1. The Morgan fingerprint density at radius 2 is 2.20 bits per heavy atom. The van der Waals surface area contributed by atoms with Crippen molar-refractivity contribution >= 4 is 0 Å². The summed E-state index contributed by atoms with van der Waals surface area (Å²) in [5.41, 5.74) is 1.21. The van der Waals surface area contributed by atoms with Crippen LogP contribution < -0.4 is 10.3 Å². The Hall–Kier alpha value is -2.17. The molecule has 0 saturated heterocycles. The van der Waals surface area contributed by atoms with E-state index in [1.165, 1.54) is 6.07 Å². The van der Waals surface area contributed by atoms with Crippen LogP contribution in [0.1, 0.15) is 0 Å². The summed E-state index contributed by atoms with van der Waals surface area (Å²) in [7, 11) is 1.56. The minimum atomic E-state index is -0.230. The molecular weight excluding hydrogens is 194 g/mol. The molecule has 0 saturated carbocycles. The lowest BCUT2D eigenvalue weighted by atomic mass is 10.2. The summed E-state index contributed by atoms with van der Waals surface area (Å²) in [4.78, 5) is 14.8. The Bertz CT molecular complexity index is 502. The van der Waals surface area contributed by atoms with Gasteiger partial charge in [-0.15, -0.1) is 0 Å². The molecule has 0 bridgehead atoms. The molecule has 0 radical (unpaired) electrons. The molecule has 5 nitrogen and oxygen atoms in total. The molecule has 15 heavy (non-hydrogen) atoms. The van der Waals surface area contributed by atoms with Crippen molar-refractivity contribution in [1.29, 1.82) is 0 Å². The Labute approximate surface area is 85.8 Å². The van der Waals surface area contributed by atoms with E-state index >= 15 is 0 Å². The van der Waals surface area contributed by atoms with Crippen LogP contribution in [0.25, 0.3) is 11.3 Å². The van der Waals surface area contributed by atoms with Gasteiger partial charge in [-0.1, -0.05) is 0 Å². The Kier molecular flexibility index (Phi) is 2.45. The number of hydrogen-bond acceptors (Lipinski definition) is 4. The Morgan fingerprint density at radius 3 is 2.87 bits per heavy atom. The highest BCUT2D eigenvalue weighted by atomic mass is 16.5. The first-order valence-corrected chi connectivity index (χ1v) is 4.35. The largest absolute Gasteiger partial charge is 0.494 e. The highest BCUT2D eigenvalue weighted by Gasteiger charge is 2.05. The van der Waals surface area contributed by atoms with Crippen LogP contribution in [0.15, 0.2) is 35.4 Å². The molecule has 2 heterocycles. The molecule has 5 heteroatoms. The Balaban J connectivity index is 2.53. The van der Waals surface area contributed by atoms with Gasteiger partial charge in [0, 0.05) is 17.8 Å². The number of rotatable bonds is 2. The van der Waals surface area contributed by atoms with Gasteiger partial charge >= 0.3 is 0 Å². The number of nitrogens with one attached hydrogen (secondary N) is 1. The van der Waals surface area contributed by atoms with Crippen molar-refractivity contribution in [3.63, 3.8) is 0 Å². The second-order valence-electron chi connectivity index (χ2n) is 2.88. The van der Waals surface area contributed by atoms with Crippen molar-refractivity contribution in [3.05, 3.63) is 40.9 Å². The van der Waals surface area contributed by atoms with Gasteiger partial charge in [0.25, 0.3) is 5.56 Å². The van der Waals surface area contributed by atoms with E-state index in [-0.39, 0.29) is 5.56 Å². The fourth-order valence-corrected chi connectivity index (χ4v) is 1.25. The summed E-state index contributed by atoms with van der Waals surface area (Å²) in [5, 5.41) is 6.28. The van der Waals surface area contributed by atoms with E-state index < -0.39 is 0 Å². The number of aromatic nitrogens is 3. The third kappa shape index (κ3) is 1.85. The normalized spacial score (nSPS) is 9.93. The number of nitrogens with zero attached hydrogens (tertiary/aromatic N) is 2. The average molecular weight is 203 g/mol. The van der Waals surface area contributed by atoms with E-state index in [1.54, 1.807) is 31.6 Å². The molecule has 2 aromatic rings. The molecule has 0 aliphatic carbocycles. The summed E-state index contributed by atoms with van der Waals surface area (Å²) in [5.74, 6) is 0.622. The van der Waals surface area contributed by atoms with E-state index in [9.17, 15) is 4.79 Å². The van der Waals surface area contributed by atoms with Crippen LogP contribution in [-0.4, -0.2) is 22.3 Å². The number of aromatic amines is 1. The van der Waals surface area contributed by atoms with Crippen LogP contribution in [0, 0.1) is 0 Å². The zero-order valence-electron chi connectivity index (χ0n) is 8.10. The van der Waals surface area contributed by atoms with Gasteiger partial charge in [-0.3, -0.25) is 9.78 Å². The van der Waals surface area contributed by atoms with Gasteiger partial charge in [0.2, 0.25) is 0 Å². The van der Waals surface area contributed by atoms with Crippen LogP contribution in [-0.2, 0) is 0 Å². The predicted octanol–water partition coefficient (Wildman–Crippen LogP) is 0.840. The van der Waals surface area contributed by atoms with Crippen molar-refractivity contribution in [1.82, 2.24) is 15.2 Å². The van der Waals surface area contributed by atoms with Gasteiger partial charge in [0.15, 0.2) is 0 Å². The molecule has 0 atom stereocenters. The van der Waals surface area contributed by atoms with Gasteiger partial charge in [0.05, 0.1) is 19.0 Å². The van der Waals surface area contributed by atoms with Gasteiger partial charge in [-0.25, -0.2) is 5.10 Å². The summed E-state index contributed by atoms with van der Waals surface area (Å²) < 4.78 is 5.14. The van der Waals surface area contributed by atoms with Crippen molar-refractivity contribution in [2.45, 2.75) is 0 Å². The van der Waals surface area contributed by atoms with E-state index in [2.05, 4.69) is 15.2 Å². The molecular formula is C10H9N3O2. The first kappa shape index (κ1) is 9.39. The third-order valence-corrected chi connectivity index (χ3v) is 1.96. The number of ether oxygens (including phenoxy) is 1. The molecule has 0 aliphatic heterocycles. The smallest absolute Gasteiger partial charge is 0.264 e. The summed E-state index contributed by atoms with van der Waals surface area (Å²) >= 11 is 0. The maximum absolute atomic E-state index is 10.8. The van der Waals surface area contributed by atoms with Gasteiger partial charge < -0.3 is 4.74 Å². The molecule has 0 unspecified atom stereocenters. The second kappa shape index (κ2) is 3.91. The lowest BCUT2D eigenvalue weighted by Gasteiger charge is -2.05. The highest BCUT2D eigenvalue weighted by Crippen LogP contribution is 2.25. The van der Waals surface area contributed by atoms with Crippen molar-refractivity contribution in [2.24, 2.45) is 0 Å². The molecule has 1 N–H and O–H groups in total. The van der Waals surface area contributed by atoms with E-state index in [0.29, 0.717) is 11.4 Å². The molecule has 2 aromatic heterocycles. The van der Waals surface area contributed by atoms with Crippen LogP contribution in [0.2, 0.25) is 0 Å². The second-order valence-corrected chi connectivity index (χ2v) is 2.88. The van der Waals surface area contributed by atoms with Gasteiger partial charge in [-0.05, 0) is 12.1 Å². The van der Waals surface area contributed by atoms with Crippen LogP contribution in [0.3, 0.4) is 0 Å². The van der Waals surface area contributed by atoms with Crippen molar-refractivity contribution < 1.29 is 4.74 Å². The zero-order chi connectivity index (χ0) is 10.7. The summed E-state index contributed by atoms with van der Waals surface area (Å²) in [6, 6.07) is 4.83. The molecule has 0 fully saturated rings. The molecule has 2 rings (SSSR count). The standard InChI is InChI=1S/C10H9N3O2/c1-15-9-6-11-5-4-7(9)8-2-3-10(14)13-12-8/h2-6H,1H3,(H,13,14). The lowest BCUT2D eigenvalue weighted by Crippen LogP contribution is -2.05. The third-order valence-electron chi connectivity index (χ3n) is 1.96. The zero-order valence-corrected chi connectivity index (χ0v) is 8.10. The van der Waals surface area contributed by atoms with E-state index in [4.69, 9.17) is 4.74 Å². The van der Waals surface area contributed by atoms with E-state index in [0.717, 1.165) is 5.56 Å². The SMILES string of the molecule is COc1cnccc1-c1ccc(=O)[nH]n1. The van der Waals surface area contributed by atoms with Crippen molar-refractivity contribution in [2.75, 3.05) is 7.11 Å². The fourth-order valence-electron chi connectivity index (χ4n) is 1.25. The first-order valence-electron chi connectivity index (χ1n) is 4.35. The summed E-state index contributed by atoms with van der Waals surface area (Å²) in [6.45, 7) is 0. The molecule has 0 spiro atoms. The van der Waals surface area contributed by atoms with Crippen LogP contribution in [0.4, 0.5) is 0 Å². The predicted molar refractivity (Wildman–Crippen MR) is 54.6 cm³/mol. The highest BCUT2D eigenvalue weighted by molar-refractivity contribution is 5.65. The van der Waals surface area contributed by atoms with Crippen LogP contribution in [0.5, 0.6) is 5.75 Å².